The van der Waals surface area contributed by atoms with E-state index in [0.29, 0.717) is 5.56 Å². The van der Waals surface area contributed by atoms with Crippen LogP contribution in [0.25, 0.3) is 11.5 Å². The first kappa shape index (κ1) is 20.4. The zero-order valence-corrected chi connectivity index (χ0v) is 16.3. The van der Waals surface area contributed by atoms with Crippen molar-refractivity contribution in [3.63, 3.8) is 0 Å². The van der Waals surface area contributed by atoms with Gasteiger partial charge in [-0.25, -0.2) is 4.98 Å². The molecule has 1 aromatic carbocycles. The van der Waals surface area contributed by atoms with Crippen LogP contribution in [0.5, 0.6) is 0 Å². The van der Waals surface area contributed by atoms with Gasteiger partial charge in [0.15, 0.2) is 5.69 Å². The Labute approximate surface area is 161 Å². The van der Waals surface area contributed by atoms with Crippen molar-refractivity contribution >= 4 is 5.91 Å². The number of aromatic nitrogens is 1. The summed E-state index contributed by atoms with van der Waals surface area (Å²) in [7, 11) is 0. The molecule has 1 aliphatic rings. The van der Waals surface area contributed by atoms with Crippen LogP contribution in [0.1, 0.15) is 56.6 Å². The molecule has 0 bridgehead atoms. The summed E-state index contributed by atoms with van der Waals surface area (Å²) in [6.45, 7) is 8.36. The van der Waals surface area contributed by atoms with E-state index < -0.39 is 11.7 Å². The first-order chi connectivity index (χ1) is 12.8. The number of nitrogens with one attached hydrogen (secondary N) is 2. The smallest absolute Gasteiger partial charge is 0.416 e. The predicted octanol–water partition coefficient (Wildman–Crippen LogP) is 4.40. The number of piperidine rings is 1. The number of carbonyl (C=O) groups is 1. The molecule has 5 nitrogen and oxygen atoms in total. The van der Waals surface area contributed by atoms with E-state index in [-0.39, 0.29) is 34.6 Å². The second-order valence-corrected chi connectivity index (χ2v) is 8.58. The molecule has 1 amide bonds. The number of alkyl halides is 3. The molecule has 2 N–H and O–H groups in total. The van der Waals surface area contributed by atoms with E-state index >= 15 is 0 Å². The molecule has 152 valence electrons. The van der Waals surface area contributed by atoms with Gasteiger partial charge in [0.1, 0.15) is 6.26 Å². The van der Waals surface area contributed by atoms with Crippen LogP contribution in [0.3, 0.4) is 0 Å². The number of hydrogen-bond donors (Lipinski definition) is 2. The van der Waals surface area contributed by atoms with Crippen LogP contribution in [0, 0.1) is 0 Å². The number of amides is 1. The molecule has 8 heteroatoms. The zero-order valence-electron chi connectivity index (χ0n) is 16.3. The summed E-state index contributed by atoms with van der Waals surface area (Å²) < 4.78 is 43.3. The molecule has 0 radical (unpaired) electrons. The maximum atomic E-state index is 12.7. The first-order valence-corrected chi connectivity index (χ1v) is 9.08. The van der Waals surface area contributed by atoms with Gasteiger partial charge in [-0.05, 0) is 64.8 Å². The minimum Gasteiger partial charge on any atom is -0.444 e. The van der Waals surface area contributed by atoms with Crippen LogP contribution in [-0.2, 0) is 6.18 Å². The number of nitrogens with zero attached hydrogens (tertiary/aromatic N) is 1. The fraction of sp³-hybridized carbons (Fsp3) is 0.500. The summed E-state index contributed by atoms with van der Waals surface area (Å²) in [5, 5.41) is 6.54. The summed E-state index contributed by atoms with van der Waals surface area (Å²) in [5.41, 5.74) is -0.513. The monoisotopic (exact) mass is 395 g/mol. The molecule has 2 heterocycles. The van der Waals surface area contributed by atoms with Crippen LogP contribution >= 0.6 is 0 Å². The van der Waals surface area contributed by atoms with Crippen LogP contribution < -0.4 is 10.6 Å². The van der Waals surface area contributed by atoms with Gasteiger partial charge < -0.3 is 15.1 Å². The topological polar surface area (TPSA) is 67.2 Å². The third-order valence-electron chi connectivity index (χ3n) is 4.72. The van der Waals surface area contributed by atoms with Gasteiger partial charge in [0.05, 0.1) is 5.56 Å². The summed E-state index contributed by atoms with van der Waals surface area (Å²) >= 11 is 0. The maximum absolute atomic E-state index is 12.7. The Hall–Kier alpha value is -2.35. The maximum Gasteiger partial charge on any atom is 0.416 e. The van der Waals surface area contributed by atoms with Gasteiger partial charge in [0, 0.05) is 22.7 Å². The highest BCUT2D eigenvalue weighted by molar-refractivity contribution is 5.92. The molecular formula is C20H24F3N3O2. The van der Waals surface area contributed by atoms with Crippen molar-refractivity contribution in [1.29, 1.82) is 0 Å². The van der Waals surface area contributed by atoms with E-state index in [1.165, 1.54) is 18.4 Å². The minimum atomic E-state index is -4.41. The van der Waals surface area contributed by atoms with Crippen molar-refractivity contribution in [1.82, 2.24) is 15.6 Å². The highest BCUT2D eigenvalue weighted by Gasteiger charge is 2.38. The molecule has 28 heavy (non-hydrogen) atoms. The van der Waals surface area contributed by atoms with Gasteiger partial charge in [-0.1, -0.05) is 0 Å². The van der Waals surface area contributed by atoms with Crippen molar-refractivity contribution in [2.24, 2.45) is 0 Å². The Morgan fingerprint density at radius 3 is 2.25 bits per heavy atom. The molecule has 0 atom stereocenters. The Balaban J connectivity index is 1.70. The van der Waals surface area contributed by atoms with E-state index in [0.717, 1.165) is 25.0 Å². The molecule has 1 saturated heterocycles. The SMILES string of the molecule is CC1(C)CC(NC(=O)c2coc(-c3ccc(C(F)(F)F)cc3)n2)CC(C)(C)N1. The lowest BCUT2D eigenvalue weighted by Gasteiger charge is -2.46. The Morgan fingerprint density at radius 2 is 1.71 bits per heavy atom. The Bertz CT molecular complexity index is 838. The summed E-state index contributed by atoms with van der Waals surface area (Å²) in [5.74, 6) is -0.259. The van der Waals surface area contributed by atoms with E-state index in [1.807, 2.05) is 0 Å². The van der Waals surface area contributed by atoms with Gasteiger partial charge in [0.25, 0.3) is 5.91 Å². The molecule has 1 aromatic heterocycles. The lowest BCUT2D eigenvalue weighted by atomic mass is 9.79. The van der Waals surface area contributed by atoms with Crippen molar-refractivity contribution < 1.29 is 22.4 Å². The fourth-order valence-electron chi connectivity index (χ4n) is 4.00. The quantitative estimate of drug-likeness (QED) is 0.808. The third kappa shape index (κ3) is 4.73. The fourth-order valence-corrected chi connectivity index (χ4v) is 4.00. The molecule has 0 unspecified atom stereocenters. The van der Waals surface area contributed by atoms with Crippen molar-refractivity contribution in [3.8, 4) is 11.5 Å². The van der Waals surface area contributed by atoms with E-state index in [9.17, 15) is 18.0 Å². The molecule has 0 spiro atoms. The van der Waals surface area contributed by atoms with Gasteiger partial charge in [-0.2, -0.15) is 13.2 Å². The van der Waals surface area contributed by atoms with Gasteiger partial charge in [-0.3, -0.25) is 4.79 Å². The summed E-state index contributed by atoms with van der Waals surface area (Å²) in [6.07, 6.45) is -1.64. The number of rotatable bonds is 3. The second-order valence-electron chi connectivity index (χ2n) is 8.58. The molecular weight excluding hydrogens is 371 g/mol. The van der Waals surface area contributed by atoms with Crippen LogP contribution in [0.2, 0.25) is 0 Å². The molecule has 0 saturated carbocycles. The van der Waals surface area contributed by atoms with E-state index in [1.54, 1.807) is 0 Å². The summed E-state index contributed by atoms with van der Waals surface area (Å²) in [6, 6.07) is 4.43. The van der Waals surface area contributed by atoms with E-state index in [4.69, 9.17) is 4.42 Å². The normalized spacial score (nSPS) is 19.4. The van der Waals surface area contributed by atoms with Gasteiger partial charge in [-0.15, -0.1) is 0 Å². The molecule has 3 rings (SSSR count). The average Bonchev–Trinajstić information content (AvgIpc) is 3.01. The highest BCUT2D eigenvalue weighted by Crippen LogP contribution is 2.31. The number of oxazole rings is 1. The zero-order chi connectivity index (χ0) is 20.7. The average molecular weight is 395 g/mol. The lowest BCUT2D eigenvalue weighted by Crippen LogP contribution is -2.62. The molecule has 1 aliphatic heterocycles. The molecule has 2 aromatic rings. The molecule has 0 aliphatic carbocycles. The Morgan fingerprint density at radius 1 is 1.14 bits per heavy atom. The van der Waals surface area contributed by atoms with Crippen LogP contribution in [0.4, 0.5) is 13.2 Å². The number of carbonyl (C=O) groups excluding carboxylic acids is 1. The van der Waals surface area contributed by atoms with Gasteiger partial charge in [0.2, 0.25) is 5.89 Å². The van der Waals surface area contributed by atoms with Crippen molar-refractivity contribution in [3.05, 3.63) is 41.8 Å². The lowest BCUT2D eigenvalue weighted by molar-refractivity contribution is -0.137. The third-order valence-corrected chi connectivity index (χ3v) is 4.72. The standard InChI is InChI=1S/C20H24F3N3O2/c1-18(2)9-14(10-19(3,4)26-18)24-16(27)15-11-28-17(25-15)12-5-7-13(8-6-12)20(21,22)23/h5-8,11,14,26H,9-10H2,1-4H3,(H,24,27). The largest absolute Gasteiger partial charge is 0.444 e. The summed E-state index contributed by atoms with van der Waals surface area (Å²) in [4.78, 5) is 16.7. The first-order valence-electron chi connectivity index (χ1n) is 9.08. The number of halogens is 3. The second kappa shape index (κ2) is 6.92. The highest BCUT2D eigenvalue weighted by atomic mass is 19.4. The van der Waals surface area contributed by atoms with Gasteiger partial charge >= 0.3 is 6.18 Å². The minimum absolute atomic E-state index is 0.0232. The van der Waals surface area contributed by atoms with Crippen LogP contribution in [-0.4, -0.2) is 28.0 Å². The van der Waals surface area contributed by atoms with E-state index in [2.05, 4.69) is 43.3 Å². The Kier molecular flexibility index (Phi) is 5.04. The number of benzene rings is 1. The van der Waals surface area contributed by atoms with Crippen LogP contribution in [0.15, 0.2) is 34.9 Å². The predicted molar refractivity (Wildman–Crippen MR) is 98.7 cm³/mol. The molecule has 1 fully saturated rings. The van der Waals surface area contributed by atoms with Crippen molar-refractivity contribution in [2.75, 3.05) is 0 Å². The number of hydrogen-bond acceptors (Lipinski definition) is 4. The van der Waals surface area contributed by atoms with Crippen molar-refractivity contribution in [2.45, 2.75) is 63.8 Å².